The van der Waals surface area contributed by atoms with Crippen LogP contribution in [0.4, 0.5) is 0 Å². The molecule has 0 aliphatic heterocycles. The van der Waals surface area contributed by atoms with Gasteiger partial charge in [0.25, 0.3) is 0 Å². The van der Waals surface area contributed by atoms with E-state index in [9.17, 15) is 18.0 Å². The molecule has 0 amide bonds. The number of hydrogen-bond acceptors (Lipinski definition) is 5. The van der Waals surface area contributed by atoms with Crippen molar-refractivity contribution in [2.45, 2.75) is 38.5 Å². The van der Waals surface area contributed by atoms with Crippen molar-refractivity contribution in [3.63, 3.8) is 0 Å². The highest BCUT2D eigenvalue weighted by Crippen LogP contribution is 2.16. The molecule has 2 aromatic rings. The molecular formula is C21H25NO5S. The number of esters is 1. The molecule has 1 N–H and O–H groups in total. The number of hydrogen-bond donors (Lipinski definition) is 1. The van der Waals surface area contributed by atoms with E-state index in [1.54, 1.807) is 31.2 Å². The summed E-state index contributed by atoms with van der Waals surface area (Å²) < 4.78 is 32.0. The molecule has 0 aromatic heterocycles. The average Bonchev–Trinajstić information content (AvgIpc) is 2.65. The third-order valence-electron chi connectivity index (χ3n) is 4.29. The topological polar surface area (TPSA) is 89.5 Å². The molecule has 2 aromatic carbocycles. The number of carbonyl (C=O) groups excluding carboxylic acids is 2. The Balaban J connectivity index is 1.81. The lowest BCUT2D eigenvalue weighted by Crippen LogP contribution is -2.27. The first-order valence-electron chi connectivity index (χ1n) is 9.07. The summed E-state index contributed by atoms with van der Waals surface area (Å²) in [5.41, 5.74) is 3.19. The van der Waals surface area contributed by atoms with Gasteiger partial charge < -0.3 is 4.74 Å². The summed E-state index contributed by atoms with van der Waals surface area (Å²) >= 11 is 0. The first-order valence-corrected chi connectivity index (χ1v) is 10.6. The number of ether oxygens (including phenoxy) is 1. The summed E-state index contributed by atoms with van der Waals surface area (Å²) in [6.45, 7) is 5.15. The standard InChI is InChI=1S/C21H25NO5S/c1-4-17-6-8-18(9-7-17)19(23)14-27-21(24)11-12-22-28(25,26)20-10-5-15(2)13-16(20)3/h5-10,13,22H,4,11-12,14H2,1-3H3. The molecule has 6 nitrogen and oxygen atoms in total. The Bertz CT molecular complexity index is 949. The van der Waals surface area contributed by atoms with Crippen LogP contribution < -0.4 is 4.72 Å². The van der Waals surface area contributed by atoms with Crippen molar-refractivity contribution in [3.8, 4) is 0 Å². The molecule has 0 radical (unpaired) electrons. The van der Waals surface area contributed by atoms with E-state index in [2.05, 4.69) is 4.72 Å². The maximum absolute atomic E-state index is 12.3. The molecule has 0 saturated carbocycles. The van der Waals surface area contributed by atoms with Crippen molar-refractivity contribution < 1.29 is 22.7 Å². The monoisotopic (exact) mass is 403 g/mol. The molecule has 0 atom stereocenters. The van der Waals surface area contributed by atoms with Crippen molar-refractivity contribution in [2.24, 2.45) is 0 Å². The van der Waals surface area contributed by atoms with E-state index in [-0.39, 0.29) is 30.3 Å². The van der Waals surface area contributed by atoms with Crippen molar-refractivity contribution in [2.75, 3.05) is 13.2 Å². The molecule has 0 unspecified atom stereocenters. The second-order valence-electron chi connectivity index (χ2n) is 6.55. The van der Waals surface area contributed by atoms with Gasteiger partial charge in [-0.25, -0.2) is 13.1 Å². The van der Waals surface area contributed by atoms with Crippen LogP contribution in [0.1, 0.15) is 40.4 Å². The normalized spacial score (nSPS) is 11.2. The lowest BCUT2D eigenvalue weighted by Gasteiger charge is -2.10. The molecular weight excluding hydrogens is 378 g/mol. The minimum atomic E-state index is -3.71. The van der Waals surface area contributed by atoms with Crippen molar-refractivity contribution in [1.29, 1.82) is 0 Å². The number of benzene rings is 2. The Kier molecular flexibility index (Phi) is 7.48. The fourth-order valence-corrected chi connectivity index (χ4v) is 3.95. The Morgan fingerprint density at radius 2 is 1.71 bits per heavy atom. The SMILES string of the molecule is CCc1ccc(C(=O)COC(=O)CCNS(=O)(=O)c2ccc(C)cc2C)cc1. The lowest BCUT2D eigenvalue weighted by atomic mass is 10.1. The molecule has 0 aliphatic carbocycles. The summed E-state index contributed by atoms with van der Waals surface area (Å²) in [6.07, 6.45) is 0.716. The molecule has 0 saturated heterocycles. The highest BCUT2D eigenvalue weighted by molar-refractivity contribution is 7.89. The minimum Gasteiger partial charge on any atom is -0.457 e. The van der Waals surface area contributed by atoms with Crippen LogP contribution in [0.25, 0.3) is 0 Å². The van der Waals surface area contributed by atoms with Gasteiger partial charge in [0, 0.05) is 12.1 Å². The fraction of sp³-hybridized carbons (Fsp3) is 0.333. The summed E-state index contributed by atoms with van der Waals surface area (Å²) in [5.74, 6) is -0.936. The van der Waals surface area contributed by atoms with Crippen LogP contribution in [0.3, 0.4) is 0 Å². The van der Waals surface area contributed by atoms with Gasteiger partial charge in [-0.3, -0.25) is 9.59 Å². The van der Waals surface area contributed by atoms with Gasteiger partial charge in [0.1, 0.15) is 0 Å². The number of rotatable bonds is 9. The molecule has 28 heavy (non-hydrogen) atoms. The van der Waals surface area contributed by atoms with Crippen LogP contribution in [-0.4, -0.2) is 33.3 Å². The molecule has 0 bridgehead atoms. The van der Waals surface area contributed by atoms with Crippen LogP contribution in [0.15, 0.2) is 47.4 Å². The number of sulfonamides is 1. The number of Topliss-reactive ketones (excluding diaryl/α,β-unsaturated/α-hetero) is 1. The van der Waals surface area contributed by atoms with Crippen molar-refractivity contribution in [1.82, 2.24) is 4.72 Å². The zero-order valence-corrected chi connectivity index (χ0v) is 17.1. The van der Waals surface area contributed by atoms with E-state index >= 15 is 0 Å². The quantitative estimate of drug-likeness (QED) is 0.514. The van der Waals surface area contributed by atoms with E-state index in [4.69, 9.17) is 4.74 Å². The van der Waals surface area contributed by atoms with Crippen LogP contribution in [0.5, 0.6) is 0 Å². The van der Waals surface area contributed by atoms with Gasteiger partial charge in [-0.05, 0) is 37.5 Å². The van der Waals surface area contributed by atoms with E-state index < -0.39 is 16.0 Å². The zero-order valence-electron chi connectivity index (χ0n) is 16.3. The third-order valence-corrected chi connectivity index (χ3v) is 5.91. The van der Waals surface area contributed by atoms with Crippen LogP contribution >= 0.6 is 0 Å². The fourth-order valence-electron chi connectivity index (χ4n) is 2.69. The molecule has 0 fully saturated rings. The predicted molar refractivity (Wildman–Crippen MR) is 107 cm³/mol. The highest BCUT2D eigenvalue weighted by Gasteiger charge is 2.17. The molecule has 0 spiro atoms. The van der Waals surface area contributed by atoms with E-state index in [0.29, 0.717) is 11.1 Å². The van der Waals surface area contributed by atoms with Crippen LogP contribution in [0.2, 0.25) is 0 Å². The minimum absolute atomic E-state index is 0.103. The molecule has 0 heterocycles. The van der Waals surface area contributed by atoms with Gasteiger partial charge in [-0.15, -0.1) is 0 Å². The first-order chi connectivity index (χ1) is 13.2. The van der Waals surface area contributed by atoms with E-state index in [0.717, 1.165) is 17.5 Å². The zero-order chi connectivity index (χ0) is 20.7. The number of carbonyl (C=O) groups is 2. The van der Waals surface area contributed by atoms with Gasteiger partial charge in [0.15, 0.2) is 12.4 Å². The average molecular weight is 404 g/mol. The van der Waals surface area contributed by atoms with Crippen LogP contribution in [-0.2, 0) is 26.0 Å². The van der Waals surface area contributed by atoms with Gasteiger partial charge in [-0.1, -0.05) is 48.9 Å². The summed E-state index contributed by atoms with van der Waals surface area (Å²) in [5, 5.41) is 0. The van der Waals surface area contributed by atoms with Gasteiger partial charge in [0.2, 0.25) is 10.0 Å². The second kappa shape index (κ2) is 9.61. The Labute approximate surface area is 166 Å². The second-order valence-corrected chi connectivity index (χ2v) is 8.29. The first kappa shape index (κ1) is 21.8. The van der Waals surface area contributed by atoms with Gasteiger partial charge in [-0.2, -0.15) is 0 Å². The van der Waals surface area contributed by atoms with Gasteiger partial charge >= 0.3 is 5.97 Å². The number of aryl methyl sites for hydroxylation is 3. The molecule has 0 aliphatic rings. The summed E-state index contributed by atoms with van der Waals surface area (Å²) in [7, 11) is -3.71. The smallest absolute Gasteiger partial charge is 0.307 e. The maximum atomic E-state index is 12.3. The Hall–Kier alpha value is -2.51. The van der Waals surface area contributed by atoms with Crippen molar-refractivity contribution in [3.05, 3.63) is 64.7 Å². The largest absolute Gasteiger partial charge is 0.457 e. The van der Waals surface area contributed by atoms with E-state index in [1.165, 1.54) is 6.07 Å². The molecule has 7 heteroatoms. The van der Waals surface area contributed by atoms with E-state index in [1.807, 2.05) is 26.0 Å². The van der Waals surface area contributed by atoms with Gasteiger partial charge in [0.05, 0.1) is 11.3 Å². The number of ketones is 1. The predicted octanol–water partition coefficient (Wildman–Crippen LogP) is 2.96. The summed E-state index contributed by atoms with van der Waals surface area (Å²) in [6, 6.07) is 12.2. The summed E-state index contributed by atoms with van der Waals surface area (Å²) in [4.78, 5) is 24.0. The highest BCUT2D eigenvalue weighted by atomic mass is 32.2. The Morgan fingerprint density at radius 1 is 1.04 bits per heavy atom. The Morgan fingerprint density at radius 3 is 2.32 bits per heavy atom. The lowest BCUT2D eigenvalue weighted by molar-refractivity contribution is -0.142. The third kappa shape index (κ3) is 6.00. The van der Waals surface area contributed by atoms with Crippen LogP contribution in [0, 0.1) is 13.8 Å². The molecule has 2 rings (SSSR count). The maximum Gasteiger partial charge on any atom is 0.307 e. The molecule has 150 valence electrons. The van der Waals surface area contributed by atoms with Crippen molar-refractivity contribution >= 4 is 21.8 Å². The number of nitrogens with one attached hydrogen (secondary N) is 1.